The molecule has 0 saturated heterocycles. The highest BCUT2D eigenvalue weighted by Crippen LogP contribution is 2.02. The lowest BCUT2D eigenvalue weighted by Crippen LogP contribution is -2.51. The summed E-state index contributed by atoms with van der Waals surface area (Å²) in [6, 6.07) is -1.80. The molecule has 3 amide bonds. The normalized spacial score (nSPS) is 12.3. The molecule has 0 aliphatic heterocycles. The minimum atomic E-state index is -1.30. The van der Waals surface area contributed by atoms with Crippen LogP contribution in [-0.2, 0) is 9.59 Å². The van der Waals surface area contributed by atoms with Crippen LogP contribution in [0.1, 0.15) is 20.3 Å². The fourth-order valence-corrected chi connectivity index (χ4v) is 1.68. The van der Waals surface area contributed by atoms with Gasteiger partial charge in [0, 0.05) is 19.6 Å². The highest BCUT2D eigenvalue weighted by atomic mass is 16.4. The summed E-state index contributed by atoms with van der Waals surface area (Å²) in [5, 5.41) is 11.3. The molecular formula is C13H26N4O4. The van der Waals surface area contributed by atoms with E-state index in [0.717, 1.165) is 0 Å². The van der Waals surface area contributed by atoms with Crippen LogP contribution < -0.4 is 11.1 Å². The molecule has 0 fully saturated rings. The number of rotatable bonds is 9. The molecule has 0 rings (SSSR count). The fraction of sp³-hybridized carbons (Fsp3) is 0.769. The van der Waals surface area contributed by atoms with Gasteiger partial charge in [0.1, 0.15) is 6.04 Å². The number of carboxylic acid groups (broad SMARTS) is 1. The van der Waals surface area contributed by atoms with E-state index in [1.165, 1.54) is 0 Å². The Morgan fingerprint density at radius 3 is 2.14 bits per heavy atom. The summed E-state index contributed by atoms with van der Waals surface area (Å²) >= 11 is 0. The Labute approximate surface area is 125 Å². The average Bonchev–Trinajstić information content (AvgIpc) is 2.32. The number of hydrogen-bond acceptors (Lipinski definition) is 4. The van der Waals surface area contributed by atoms with Crippen molar-refractivity contribution in [3.8, 4) is 0 Å². The van der Waals surface area contributed by atoms with Gasteiger partial charge in [0.05, 0.1) is 6.42 Å². The third-order valence-corrected chi connectivity index (χ3v) is 2.69. The SMILES string of the molecule is CC(C)CN(CCN(C)C)C(=O)NC(CC(N)=O)C(=O)O. The molecule has 21 heavy (non-hydrogen) atoms. The van der Waals surface area contributed by atoms with Gasteiger partial charge in [-0.05, 0) is 20.0 Å². The van der Waals surface area contributed by atoms with Crippen LogP contribution in [-0.4, -0.2) is 72.6 Å². The van der Waals surface area contributed by atoms with E-state index in [1.807, 2.05) is 32.8 Å². The Morgan fingerprint density at radius 2 is 1.76 bits per heavy atom. The first-order chi connectivity index (χ1) is 9.63. The third-order valence-electron chi connectivity index (χ3n) is 2.69. The number of carbonyl (C=O) groups excluding carboxylic acids is 2. The van der Waals surface area contributed by atoms with Gasteiger partial charge in [-0.3, -0.25) is 4.79 Å². The van der Waals surface area contributed by atoms with E-state index in [9.17, 15) is 14.4 Å². The summed E-state index contributed by atoms with van der Waals surface area (Å²) in [4.78, 5) is 37.5. The van der Waals surface area contributed by atoms with E-state index in [2.05, 4.69) is 5.32 Å². The first kappa shape index (κ1) is 19.2. The highest BCUT2D eigenvalue weighted by molar-refractivity contribution is 5.87. The minimum absolute atomic E-state index is 0.248. The van der Waals surface area contributed by atoms with Crippen LogP contribution in [0.4, 0.5) is 4.79 Å². The first-order valence-electron chi connectivity index (χ1n) is 6.84. The topological polar surface area (TPSA) is 116 Å². The minimum Gasteiger partial charge on any atom is -0.480 e. The standard InChI is InChI=1S/C13H26N4O4/c1-9(2)8-17(6-5-16(3)4)13(21)15-10(12(19)20)7-11(14)18/h9-10H,5-8H2,1-4H3,(H2,14,18)(H,15,21)(H,19,20). The first-order valence-corrected chi connectivity index (χ1v) is 6.84. The monoisotopic (exact) mass is 302 g/mol. The number of likely N-dealkylation sites (N-methyl/N-ethyl adjacent to an activating group) is 1. The molecule has 8 heteroatoms. The fourth-order valence-electron chi connectivity index (χ4n) is 1.68. The van der Waals surface area contributed by atoms with Gasteiger partial charge >= 0.3 is 12.0 Å². The zero-order valence-corrected chi connectivity index (χ0v) is 13.1. The number of nitrogens with one attached hydrogen (secondary N) is 1. The molecule has 1 unspecified atom stereocenters. The van der Waals surface area contributed by atoms with Crippen molar-refractivity contribution in [2.24, 2.45) is 11.7 Å². The second-order valence-electron chi connectivity index (χ2n) is 5.65. The van der Waals surface area contributed by atoms with Gasteiger partial charge in [0.2, 0.25) is 5.91 Å². The molecule has 0 saturated carbocycles. The average molecular weight is 302 g/mol. The van der Waals surface area contributed by atoms with Gasteiger partial charge in [-0.2, -0.15) is 0 Å². The van der Waals surface area contributed by atoms with Gasteiger partial charge < -0.3 is 26.0 Å². The van der Waals surface area contributed by atoms with Crippen molar-refractivity contribution >= 4 is 17.9 Å². The lowest BCUT2D eigenvalue weighted by molar-refractivity contribution is -0.141. The van der Waals surface area contributed by atoms with Gasteiger partial charge in [0.25, 0.3) is 0 Å². The largest absolute Gasteiger partial charge is 0.480 e. The van der Waals surface area contributed by atoms with E-state index < -0.39 is 30.4 Å². The number of nitrogens with two attached hydrogens (primary N) is 1. The second kappa shape index (κ2) is 9.17. The zero-order valence-electron chi connectivity index (χ0n) is 13.1. The Kier molecular flexibility index (Phi) is 8.37. The number of aliphatic carboxylic acids is 1. The van der Waals surface area contributed by atoms with Gasteiger partial charge in [0.15, 0.2) is 0 Å². The lowest BCUT2D eigenvalue weighted by atomic mass is 10.2. The maximum absolute atomic E-state index is 12.2. The highest BCUT2D eigenvalue weighted by Gasteiger charge is 2.25. The van der Waals surface area contributed by atoms with E-state index in [1.54, 1.807) is 4.90 Å². The van der Waals surface area contributed by atoms with E-state index >= 15 is 0 Å². The Morgan fingerprint density at radius 1 is 1.19 bits per heavy atom. The molecule has 0 spiro atoms. The van der Waals surface area contributed by atoms with Gasteiger partial charge in [-0.25, -0.2) is 9.59 Å². The molecule has 0 radical (unpaired) electrons. The van der Waals surface area contributed by atoms with Crippen molar-refractivity contribution in [1.82, 2.24) is 15.1 Å². The molecule has 0 bridgehead atoms. The molecule has 0 aliphatic carbocycles. The summed E-state index contributed by atoms with van der Waals surface area (Å²) < 4.78 is 0. The molecule has 8 nitrogen and oxygen atoms in total. The molecule has 0 aliphatic rings. The van der Waals surface area contributed by atoms with Crippen molar-refractivity contribution in [1.29, 1.82) is 0 Å². The van der Waals surface area contributed by atoms with Crippen LogP contribution in [0.15, 0.2) is 0 Å². The van der Waals surface area contributed by atoms with E-state index in [0.29, 0.717) is 19.6 Å². The number of primary amides is 1. The van der Waals surface area contributed by atoms with Crippen molar-refractivity contribution < 1.29 is 19.5 Å². The van der Waals surface area contributed by atoms with Crippen LogP contribution in [0.2, 0.25) is 0 Å². The van der Waals surface area contributed by atoms with Crippen LogP contribution in [0.25, 0.3) is 0 Å². The Balaban J connectivity index is 4.75. The number of nitrogens with zero attached hydrogens (tertiary/aromatic N) is 2. The molecule has 0 aromatic heterocycles. The molecule has 4 N–H and O–H groups in total. The summed E-state index contributed by atoms with van der Waals surface area (Å²) in [7, 11) is 3.78. The van der Waals surface area contributed by atoms with E-state index in [4.69, 9.17) is 10.8 Å². The van der Waals surface area contributed by atoms with Crippen LogP contribution in [0.3, 0.4) is 0 Å². The predicted molar refractivity (Wildman–Crippen MR) is 78.7 cm³/mol. The van der Waals surface area contributed by atoms with Crippen LogP contribution in [0.5, 0.6) is 0 Å². The Hall–Kier alpha value is -1.83. The smallest absolute Gasteiger partial charge is 0.326 e. The third kappa shape index (κ3) is 8.85. The van der Waals surface area contributed by atoms with Crippen LogP contribution in [0, 0.1) is 5.92 Å². The maximum Gasteiger partial charge on any atom is 0.326 e. The predicted octanol–water partition coefficient (Wildman–Crippen LogP) is -0.456. The number of hydrogen-bond donors (Lipinski definition) is 3. The molecule has 0 aromatic rings. The zero-order chi connectivity index (χ0) is 16.6. The summed E-state index contributed by atoms with van der Waals surface area (Å²) in [5.74, 6) is -1.80. The number of carboxylic acids is 1. The maximum atomic E-state index is 12.2. The molecule has 0 heterocycles. The molecule has 0 aromatic carbocycles. The van der Waals surface area contributed by atoms with Crippen molar-refractivity contribution in [2.45, 2.75) is 26.3 Å². The van der Waals surface area contributed by atoms with Crippen LogP contribution >= 0.6 is 0 Å². The summed E-state index contributed by atoms with van der Waals surface area (Å²) in [5.41, 5.74) is 4.99. The van der Waals surface area contributed by atoms with Crippen molar-refractivity contribution in [2.75, 3.05) is 33.7 Å². The number of urea groups is 1. The number of amides is 3. The Bertz CT molecular complexity index is 371. The molecule has 122 valence electrons. The van der Waals surface area contributed by atoms with Gasteiger partial charge in [-0.15, -0.1) is 0 Å². The van der Waals surface area contributed by atoms with E-state index in [-0.39, 0.29) is 5.92 Å². The van der Waals surface area contributed by atoms with Crippen molar-refractivity contribution in [3.63, 3.8) is 0 Å². The lowest BCUT2D eigenvalue weighted by Gasteiger charge is -2.27. The number of carbonyl (C=O) groups is 3. The second-order valence-corrected chi connectivity index (χ2v) is 5.65. The van der Waals surface area contributed by atoms with Crippen molar-refractivity contribution in [3.05, 3.63) is 0 Å². The molecular weight excluding hydrogens is 276 g/mol. The summed E-state index contributed by atoms with van der Waals surface area (Å²) in [6.45, 7) is 5.57. The summed E-state index contributed by atoms with van der Waals surface area (Å²) in [6.07, 6.45) is -0.426. The molecule has 1 atom stereocenters. The quantitative estimate of drug-likeness (QED) is 0.533. The van der Waals surface area contributed by atoms with Gasteiger partial charge in [-0.1, -0.05) is 13.8 Å².